The first-order valence-corrected chi connectivity index (χ1v) is 6.65. The van der Waals surface area contributed by atoms with Gasteiger partial charge in [0.2, 0.25) is 5.91 Å². The standard InChI is InChI=1S/C13H17N3O5/c17-3-5-21-4-1-2-14-11-8-10-9(7-13(18)15-10)6-12(11)16(19)20/h6,8,14,17H,1-5,7H2,(H,15,18). The van der Waals surface area contributed by atoms with E-state index in [2.05, 4.69) is 10.6 Å². The summed E-state index contributed by atoms with van der Waals surface area (Å²) in [6, 6.07) is 3.02. The summed E-state index contributed by atoms with van der Waals surface area (Å²) in [4.78, 5) is 21.9. The lowest BCUT2D eigenvalue weighted by atomic mass is 10.1. The van der Waals surface area contributed by atoms with Crippen LogP contribution in [-0.4, -0.2) is 42.3 Å². The van der Waals surface area contributed by atoms with Gasteiger partial charge in [0.05, 0.1) is 24.6 Å². The number of ether oxygens (including phenoxy) is 1. The number of nitro benzene ring substituents is 1. The number of anilines is 2. The summed E-state index contributed by atoms with van der Waals surface area (Å²) < 4.78 is 5.11. The molecule has 0 atom stereocenters. The third-order valence-electron chi connectivity index (χ3n) is 3.06. The summed E-state index contributed by atoms with van der Waals surface area (Å²) in [5, 5.41) is 25.3. The molecule has 0 aromatic heterocycles. The molecular formula is C13H17N3O5. The molecule has 8 nitrogen and oxygen atoms in total. The van der Waals surface area contributed by atoms with E-state index in [-0.39, 0.29) is 31.2 Å². The van der Waals surface area contributed by atoms with Crippen molar-refractivity contribution in [3.63, 3.8) is 0 Å². The van der Waals surface area contributed by atoms with Crippen molar-refractivity contribution in [2.75, 3.05) is 37.0 Å². The van der Waals surface area contributed by atoms with Crippen molar-refractivity contribution in [3.8, 4) is 0 Å². The number of hydrogen-bond donors (Lipinski definition) is 3. The van der Waals surface area contributed by atoms with Crippen molar-refractivity contribution in [2.45, 2.75) is 12.8 Å². The Labute approximate surface area is 121 Å². The van der Waals surface area contributed by atoms with Crippen molar-refractivity contribution in [2.24, 2.45) is 0 Å². The molecule has 2 rings (SSSR count). The minimum atomic E-state index is -0.465. The maximum absolute atomic E-state index is 11.3. The lowest BCUT2D eigenvalue weighted by Gasteiger charge is -2.09. The van der Waals surface area contributed by atoms with Crippen LogP contribution in [0.15, 0.2) is 12.1 Å². The maximum Gasteiger partial charge on any atom is 0.292 e. The van der Waals surface area contributed by atoms with Gasteiger partial charge >= 0.3 is 0 Å². The Morgan fingerprint density at radius 1 is 1.43 bits per heavy atom. The van der Waals surface area contributed by atoms with Crippen LogP contribution in [0.1, 0.15) is 12.0 Å². The molecule has 1 aromatic rings. The average molecular weight is 295 g/mol. The molecule has 0 aliphatic carbocycles. The van der Waals surface area contributed by atoms with Crippen molar-refractivity contribution >= 4 is 23.0 Å². The summed E-state index contributed by atoms with van der Waals surface area (Å²) in [6.07, 6.45) is 0.825. The molecule has 0 unspecified atom stereocenters. The lowest BCUT2D eigenvalue weighted by molar-refractivity contribution is -0.384. The second-order valence-electron chi connectivity index (χ2n) is 4.62. The van der Waals surface area contributed by atoms with Gasteiger partial charge in [-0.05, 0) is 18.1 Å². The number of carbonyl (C=O) groups is 1. The molecule has 0 spiro atoms. The van der Waals surface area contributed by atoms with Gasteiger partial charge in [0.15, 0.2) is 0 Å². The second kappa shape index (κ2) is 7.00. The first-order valence-electron chi connectivity index (χ1n) is 6.65. The van der Waals surface area contributed by atoms with Crippen molar-refractivity contribution in [3.05, 3.63) is 27.8 Å². The number of amides is 1. The Morgan fingerprint density at radius 3 is 2.95 bits per heavy atom. The predicted octanol–water partition coefficient (Wildman–Crippen LogP) is 0.900. The SMILES string of the molecule is O=C1Cc2cc([N+](=O)[O-])c(NCCCOCCO)cc2N1. The lowest BCUT2D eigenvalue weighted by Crippen LogP contribution is -2.09. The monoisotopic (exact) mass is 295 g/mol. The third kappa shape index (κ3) is 3.89. The zero-order valence-corrected chi connectivity index (χ0v) is 11.4. The Kier molecular flexibility index (Phi) is 5.07. The molecule has 1 heterocycles. The van der Waals surface area contributed by atoms with Gasteiger partial charge in [0, 0.05) is 24.9 Å². The Bertz CT molecular complexity index is 547. The van der Waals surface area contributed by atoms with Gasteiger partial charge in [-0.3, -0.25) is 14.9 Å². The third-order valence-corrected chi connectivity index (χ3v) is 3.06. The number of nitro groups is 1. The number of aliphatic hydroxyl groups excluding tert-OH is 1. The smallest absolute Gasteiger partial charge is 0.292 e. The van der Waals surface area contributed by atoms with Gasteiger partial charge in [-0.25, -0.2) is 0 Å². The number of nitrogens with one attached hydrogen (secondary N) is 2. The number of rotatable bonds is 8. The quantitative estimate of drug-likeness (QED) is 0.373. The number of benzene rings is 1. The van der Waals surface area contributed by atoms with E-state index in [9.17, 15) is 14.9 Å². The summed E-state index contributed by atoms with van der Waals surface area (Å²) in [7, 11) is 0. The molecular weight excluding hydrogens is 278 g/mol. The number of aliphatic hydroxyl groups is 1. The predicted molar refractivity (Wildman–Crippen MR) is 76.4 cm³/mol. The highest BCUT2D eigenvalue weighted by molar-refractivity contribution is 6.00. The van der Waals surface area contributed by atoms with E-state index < -0.39 is 4.92 Å². The van der Waals surface area contributed by atoms with E-state index in [0.29, 0.717) is 36.5 Å². The molecule has 1 aliphatic heterocycles. The van der Waals surface area contributed by atoms with E-state index in [4.69, 9.17) is 9.84 Å². The van der Waals surface area contributed by atoms with Crippen LogP contribution in [0.4, 0.5) is 17.1 Å². The van der Waals surface area contributed by atoms with Crippen LogP contribution in [-0.2, 0) is 16.0 Å². The average Bonchev–Trinajstić information content (AvgIpc) is 2.80. The van der Waals surface area contributed by atoms with Crippen molar-refractivity contribution < 1.29 is 19.6 Å². The molecule has 0 saturated carbocycles. The molecule has 1 aliphatic rings. The Morgan fingerprint density at radius 2 is 2.24 bits per heavy atom. The van der Waals surface area contributed by atoms with Crippen LogP contribution in [0.2, 0.25) is 0 Å². The highest BCUT2D eigenvalue weighted by Crippen LogP contribution is 2.34. The van der Waals surface area contributed by atoms with Gasteiger partial charge in [0.1, 0.15) is 5.69 Å². The Balaban J connectivity index is 1.99. The van der Waals surface area contributed by atoms with Crippen LogP contribution in [0, 0.1) is 10.1 Å². The van der Waals surface area contributed by atoms with E-state index in [1.165, 1.54) is 6.07 Å². The van der Waals surface area contributed by atoms with Crippen molar-refractivity contribution in [1.82, 2.24) is 0 Å². The molecule has 0 bridgehead atoms. The first kappa shape index (κ1) is 15.2. The number of hydrogen-bond acceptors (Lipinski definition) is 6. The molecule has 114 valence electrons. The van der Waals surface area contributed by atoms with Crippen LogP contribution in [0.25, 0.3) is 0 Å². The first-order chi connectivity index (χ1) is 10.1. The minimum absolute atomic E-state index is 0.0244. The van der Waals surface area contributed by atoms with Gasteiger partial charge in [-0.1, -0.05) is 0 Å². The van der Waals surface area contributed by atoms with Gasteiger partial charge in [-0.2, -0.15) is 0 Å². The summed E-state index contributed by atoms with van der Waals surface area (Å²) >= 11 is 0. The Hall–Kier alpha value is -2.19. The van der Waals surface area contributed by atoms with E-state index in [1.54, 1.807) is 6.07 Å². The largest absolute Gasteiger partial charge is 0.394 e. The fraction of sp³-hybridized carbons (Fsp3) is 0.462. The molecule has 8 heteroatoms. The van der Waals surface area contributed by atoms with E-state index >= 15 is 0 Å². The minimum Gasteiger partial charge on any atom is -0.394 e. The molecule has 3 N–H and O–H groups in total. The molecule has 1 amide bonds. The van der Waals surface area contributed by atoms with Crippen LogP contribution in [0.3, 0.4) is 0 Å². The van der Waals surface area contributed by atoms with Crippen molar-refractivity contribution in [1.29, 1.82) is 0 Å². The number of nitrogens with zero attached hydrogens (tertiary/aromatic N) is 1. The molecule has 0 fully saturated rings. The zero-order chi connectivity index (χ0) is 15.2. The molecule has 21 heavy (non-hydrogen) atoms. The second-order valence-corrected chi connectivity index (χ2v) is 4.62. The fourth-order valence-corrected chi connectivity index (χ4v) is 2.12. The molecule has 0 saturated heterocycles. The topological polar surface area (TPSA) is 114 Å². The van der Waals surface area contributed by atoms with Gasteiger partial charge in [0.25, 0.3) is 5.69 Å². The van der Waals surface area contributed by atoms with Gasteiger partial charge in [-0.15, -0.1) is 0 Å². The number of carbonyl (C=O) groups excluding carboxylic acids is 1. The van der Waals surface area contributed by atoms with Crippen LogP contribution in [0.5, 0.6) is 0 Å². The number of fused-ring (bicyclic) bond motifs is 1. The molecule has 0 radical (unpaired) electrons. The fourth-order valence-electron chi connectivity index (χ4n) is 2.12. The van der Waals surface area contributed by atoms with Crippen LogP contribution >= 0.6 is 0 Å². The van der Waals surface area contributed by atoms with E-state index in [0.717, 1.165) is 0 Å². The normalized spacial score (nSPS) is 12.9. The van der Waals surface area contributed by atoms with Gasteiger partial charge < -0.3 is 20.5 Å². The highest BCUT2D eigenvalue weighted by Gasteiger charge is 2.24. The maximum atomic E-state index is 11.3. The van der Waals surface area contributed by atoms with E-state index in [1.807, 2.05) is 0 Å². The summed E-state index contributed by atoms with van der Waals surface area (Å²) in [5.41, 5.74) is 1.60. The zero-order valence-electron chi connectivity index (χ0n) is 11.4. The molecule has 1 aromatic carbocycles. The highest BCUT2D eigenvalue weighted by atomic mass is 16.6. The summed E-state index contributed by atoms with van der Waals surface area (Å²) in [6.45, 7) is 1.22. The van der Waals surface area contributed by atoms with Crippen LogP contribution < -0.4 is 10.6 Å². The summed E-state index contributed by atoms with van der Waals surface area (Å²) in [5.74, 6) is -0.158.